The molecular formula is C15H29NO6S. The zero-order chi connectivity index (χ0) is 18.3. The number of nitrogens with two attached hydrogens (primary N) is 1. The first-order valence-electron chi connectivity index (χ1n) is 7.73. The minimum absolute atomic E-state index is 0.178. The molecule has 7 nitrogen and oxygen atoms in total. The van der Waals surface area contributed by atoms with Crippen molar-refractivity contribution in [1.29, 1.82) is 0 Å². The molecule has 0 aromatic heterocycles. The molecule has 1 unspecified atom stereocenters. The second kappa shape index (κ2) is 8.77. The van der Waals surface area contributed by atoms with Gasteiger partial charge in [0.05, 0.1) is 11.2 Å². The van der Waals surface area contributed by atoms with Crippen LogP contribution in [-0.4, -0.2) is 37.2 Å². The second-order valence-electron chi connectivity index (χ2n) is 5.65. The van der Waals surface area contributed by atoms with Crippen LogP contribution in [0.4, 0.5) is 0 Å². The van der Waals surface area contributed by atoms with Crippen molar-refractivity contribution >= 4 is 16.1 Å². The lowest BCUT2D eigenvalue weighted by Gasteiger charge is -2.45. The SMILES string of the molecule is C=C(C)C(=O)OC(N)(OCC)C(CC)(CC)CCCS(=O)(=O)O. The van der Waals surface area contributed by atoms with Crippen molar-refractivity contribution in [3.63, 3.8) is 0 Å². The molecule has 0 radical (unpaired) electrons. The zero-order valence-electron chi connectivity index (χ0n) is 14.4. The number of esters is 1. The van der Waals surface area contributed by atoms with Crippen molar-refractivity contribution in [2.75, 3.05) is 12.4 Å². The average molecular weight is 351 g/mol. The van der Waals surface area contributed by atoms with Gasteiger partial charge in [-0.05, 0) is 39.5 Å². The Kier molecular flexibility index (Phi) is 8.40. The molecule has 0 fully saturated rings. The number of carbonyl (C=O) groups excluding carboxylic acids is 1. The van der Waals surface area contributed by atoms with E-state index in [1.165, 1.54) is 6.92 Å². The highest BCUT2D eigenvalue weighted by atomic mass is 32.2. The van der Waals surface area contributed by atoms with E-state index in [0.29, 0.717) is 19.3 Å². The highest BCUT2D eigenvalue weighted by Gasteiger charge is 2.51. The summed E-state index contributed by atoms with van der Waals surface area (Å²) in [4.78, 5) is 11.9. The summed E-state index contributed by atoms with van der Waals surface area (Å²) in [6, 6.07) is 0. The quantitative estimate of drug-likeness (QED) is 0.254. The van der Waals surface area contributed by atoms with Crippen LogP contribution in [0.2, 0.25) is 0 Å². The Bertz CT molecular complexity index is 512. The summed E-state index contributed by atoms with van der Waals surface area (Å²) in [7, 11) is -4.06. The van der Waals surface area contributed by atoms with E-state index >= 15 is 0 Å². The Morgan fingerprint density at radius 3 is 2.13 bits per heavy atom. The van der Waals surface area contributed by atoms with E-state index in [9.17, 15) is 13.2 Å². The number of ether oxygens (including phenoxy) is 2. The smallest absolute Gasteiger partial charge is 0.336 e. The van der Waals surface area contributed by atoms with Gasteiger partial charge in [-0.2, -0.15) is 8.42 Å². The summed E-state index contributed by atoms with van der Waals surface area (Å²) >= 11 is 0. The molecule has 0 aliphatic heterocycles. The standard InChI is InChI=1S/C15H29NO6S/c1-6-14(7-2,10-9-11-23(18,19)20)15(16,21-8-3)22-13(17)12(4)5/h4,6-11,16H2,1-3,5H3,(H,18,19,20). The van der Waals surface area contributed by atoms with Crippen molar-refractivity contribution in [2.45, 2.75) is 59.3 Å². The molecule has 0 aromatic carbocycles. The van der Waals surface area contributed by atoms with Gasteiger partial charge in [-0.15, -0.1) is 0 Å². The van der Waals surface area contributed by atoms with Gasteiger partial charge in [-0.3, -0.25) is 10.3 Å². The minimum atomic E-state index is -4.06. The molecule has 0 aliphatic rings. The van der Waals surface area contributed by atoms with Crippen LogP contribution in [-0.2, 0) is 24.4 Å². The Balaban J connectivity index is 5.50. The summed E-state index contributed by atoms with van der Waals surface area (Å²) in [5.74, 6) is -2.74. The molecule has 136 valence electrons. The number of hydrogen-bond donors (Lipinski definition) is 2. The van der Waals surface area contributed by atoms with Gasteiger partial charge >= 0.3 is 5.97 Å². The van der Waals surface area contributed by atoms with Gasteiger partial charge in [0.2, 0.25) is 0 Å². The van der Waals surface area contributed by atoms with Crippen molar-refractivity contribution in [3.8, 4) is 0 Å². The molecular weight excluding hydrogens is 322 g/mol. The fourth-order valence-electron chi connectivity index (χ4n) is 2.59. The predicted octanol–water partition coefficient (Wildman–Crippen LogP) is 2.23. The number of carbonyl (C=O) groups is 1. The average Bonchev–Trinajstić information content (AvgIpc) is 2.42. The van der Waals surface area contributed by atoms with Gasteiger partial charge in [-0.25, -0.2) is 4.79 Å². The van der Waals surface area contributed by atoms with Gasteiger partial charge in [0.1, 0.15) is 0 Å². The molecule has 0 aromatic rings. The Morgan fingerprint density at radius 1 is 1.26 bits per heavy atom. The lowest BCUT2D eigenvalue weighted by molar-refractivity contribution is -0.284. The largest absolute Gasteiger partial charge is 0.415 e. The molecule has 0 amide bonds. The molecule has 0 saturated heterocycles. The molecule has 3 N–H and O–H groups in total. The first kappa shape index (κ1) is 22.0. The van der Waals surface area contributed by atoms with Crippen LogP contribution in [0.25, 0.3) is 0 Å². The maximum atomic E-state index is 11.9. The third kappa shape index (κ3) is 6.21. The Hall–Kier alpha value is -0.960. The topological polar surface area (TPSA) is 116 Å². The van der Waals surface area contributed by atoms with Gasteiger partial charge in [0.15, 0.2) is 0 Å². The Labute approximate surface area is 139 Å². The number of hydrogen-bond acceptors (Lipinski definition) is 6. The second-order valence-corrected chi connectivity index (χ2v) is 7.22. The maximum absolute atomic E-state index is 11.9. The van der Waals surface area contributed by atoms with Crippen LogP contribution in [0, 0.1) is 5.41 Å². The summed E-state index contributed by atoms with van der Waals surface area (Å²) in [5.41, 5.74) is 5.69. The maximum Gasteiger partial charge on any atom is 0.336 e. The predicted molar refractivity (Wildman–Crippen MR) is 88.1 cm³/mol. The number of rotatable bonds is 11. The van der Waals surface area contributed by atoms with E-state index < -0.39 is 27.4 Å². The van der Waals surface area contributed by atoms with Gasteiger partial charge in [0.25, 0.3) is 16.0 Å². The van der Waals surface area contributed by atoms with Crippen molar-refractivity contribution in [2.24, 2.45) is 11.1 Å². The van der Waals surface area contributed by atoms with E-state index in [1.807, 2.05) is 13.8 Å². The summed E-state index contributed by atoms with van der Waals surface area (Å²) < 4.78 is 41.7. The molecule has 23 heavy (non-hydrogen) atoms. The zero-order valence-corrected chi connectivity index (χ0v) is 15.2. The van der Waals surface area contributed by atoms with E-state index in [4.69, 9.17) is 19.8 Å². The molecule has 0 spiro atoms. The van der Waals surface area contributed by atoms with Crippen molar-refractivity contribution in [3.05, 3.63) is 12.2 Å². The molecule has 0 aliphatic carbocycles. The van der Waals surface area contributed by atoms with Gasteiger partial charge in [0, 0.05) is 12.2 Å². The molecule has 1 atom stereocenters. The van der Waals surface area contributed by atoms with Crippen LogP contribution in [0.5, 0.6) is 0 Å². The Morgan fingerprint density at radius 2 is 1.78 bits per heavy atom. The van der Waals surface area contributed by atoms with Crippen LogP contribution >= 0.6 is 0 Å². The summed E-state index contributed by atoms with van der Waals surface area (Å²) in [6.07, 6.45) is 1.51. The van der Waals surface area contributed by atoms with Crippen LogP contribution < -0.4 is 5.73 Å². The van der Waals surface area contributed by atoms with Gasteiger partial charge in [-0.1, -0.05) is 20.4 Å². The van der Waals surface area contributed by atoms with E-state index in [-0.39, 0.29) is 24.4 Å². The monoisotopic (exact) mass is 351 g/mol. The third-order valence-corrected chi connectivity index (χ3v) is 4.91. The molecule has 0 saturated carbocycles. The van der Waals surface area contributed by atoms with Crippen LogP contribution in [0.15, 0.2) is 12.2 Å². The highest BCUT2D eigenvalue weighted by Crippen LogP contribution is 2.43. The molecule has 0 bridgehead atoms. The van der Waals surface area contributed by atoms with Crippen molar-refractivity contribution in [1.82, 2.24) is 0 Å². The first-order valence-corrected chi connectivity index (χ1v) is 9.34. The fraction of sp³-hybridized carbons (Fsp3) is 0.800. The first-order chi connectivity index (χ1) is 10.5. The lowest BCUT2D eigenvalue weighted by atomic mass is 9.74. The molecule has 0 heterocycles. The van der Waals surface area contributed by atoms with Gasteiger partial charge < -0.3 is 9.47 Å². The van der Waals surface area contributed by atoms with Crippen LogP contribution in [0.3, 0.4) is 0 Å². The third-order valence-electron chi connectivity index (χ3n) is 4.10. The normalized spacial score (nSPS) is 15.0. The van der Waals surface area contributed by atoms with E-state index in [2.05, 4.69) is 6.58 Å². The molecule has 8 heteroatoms. The minimum Gasteiger partial charge on any atom is -0.415 e. The lowest BCUT2D eigenvalue weighted by Crippen LogP contribution is -2.60. The van der Waals surface area contributed by atoms with E-state index in [1.54, 1.807) is 6.92 Å². The van der Waals surface area contributed by atoms with Crippen LogP contribution in [0.1, 0.15) is 53.4 Å². The summed E-state index contributed by atoms with van der Waals surface area (Å²) in [6.45, 7) is 10.7. The van der Waals surface area contributed by atoms with Crippen molar-refractivity contribution < 1.29 is 27.2 Å². The molecule has 0 rings (SSSR count). The highest BCUT2D eigenvalue weighted by molar-refractivity contribution is 7.85. The summed E-state index contributed by atoms with van der Waals surface area (Å²) in [5, 5.41) is 0. The van der Waals surface area contributed by atoms with E-state index in [0.717, 1.165) is 0 Å². The fourth-order valence-corrected chi connectivity index (χ4v) is 3.10.